The molecule has 3 saturated carbocycles. The quantitative estimate of drug-likeness (QED) is 0.0231. The number of aliphatic hydroxyl groups excluding tert-OH is 9. The Kier molecular flexibility index (Phi) is 18.3. The van der Waals surface area contributed by atoms with E-state index in [-0.39, 0.29) is 37.5 Å². The summed E-state index contributed by atoms with van der Waals surface area (Å²) in [7, 11) is 0. The summed E-state index contributed by atoms with van der Waals surface area (Å²) in [6, 6.07) is 0. The third-order valence-electron chi connectivity index (χ3n) is 13.4. The van der Waals surface area contributed by atoms with Crippen molar-refractivity contribution in [3.63, 3.8) is 0 Å². The summed E-state index contributed by atoms with van der Waals surface area (Å²) in [5.74, 6) is -7.47. The van der Waals surface area contributed by atoms with Gasteiger partial charge in [-0.15, -0.1) is 0 Å². The lowest BCUT2D eigenvalue weighted by atomic mass is 9.73. The normalized spacial score (nSPS) is 43.0. The first-order valence-electron chi connectivity index (χ1n) is 22.4. The molecular weight excluding hydrogens is 888 g/mol. The topological polar surface area (TPSA) is 385 Å². The Labute approximate surface area is 377 Å². The van der Waals surface area contributed by atoms with Crippen molar-refractivity contribution in [1.82, 2.24) is 0 Å². The Balaban J connectivity index is 1.17. The van der Waals surface area contributed by atoms with Crippen molar-refractivity contribution in [3.8, 4) is 0 Å². The summed E-state index contributed by atoms with van der Waals surface area (Å²) < 4.78 is 45.0. The molecule has 9 unspecified atom stereocenters. The smallest absolute Gasteiger partial charge is 0.330 e. The number of ether oxygens (including phenoxy) is 8. The lowest BCUT2D eigenvalue weighted by Gasteiger charge is -2.50. The van der Waals surface area contributed by atoms with Crippen LogP contribution in [0.25, 0.3) is 0 Å². The van der Waals surface area contributed by atoms with E-state index in [1.54, 1.807) is 6.08 Å². The van der Waals surface area contributed by atoms with E-state index in [9.17, 15) is 69.9 Å². The average Bonchev–Trinajstić information content (AvgIpc) is 3.25. The summed E-state index contributed by atoms with van der Waals surface area (Å²) in [4.78, 5) is 59.3. The van der Waals surface area contributed by atoms with Gasteiger partial charge in [-0.25, -0.2) is 4.79 Å². The minimum absolute atomic E-state index is 0.0692. The van der Waals surface area contributed by atoms with Gasteiger partial charge in [0, 0.05) is 24.8 Å². The fraction of sp³-hybridized carbons (Fsp3) is 0.833. The van der Waals surface area contributed by atoms with Crippen molar-refractivity contribution >= 4 is 29.8 Å². The Morgan fingerprint density at radius 2 is 1.21 bits per heavy atom. The highest BCUT2D eigenvalue weighted by Crippen LogP contribution is 2.44. The second-order valence-corrected chi connectivity index (χ2v) is 18.2. The van der Waals surface area contributed by atoms with Gasteiger partial charge in [-0.3, -0.25) is 19.2 Å². The first-order valence-corrected chi connectivity index (χ1v) is 22.4. The summed E-state index contributed by atoms with van der Waals surface area (Å²) in [5, 5.41) is 115. The molecule has 6 rings (SSSR count). The van der Waals surface area contributed by atoms with Gasteiger partial charge in [-0.1, -0.05) is 6.08 Å². The van der Waals surface area contributed by atoms with Crippen LogP contribution in [-0.2, 0) is 57.1 Å². The molecule has 0 bridgehead atoms. The molecule has 66 heavy (non-hydrogen) atoms. The third-order valence-corrected chi connectivity index (χ3v) is 13.4. The molecule has 3 aliphatic heterocycles. The zero-order valence-electron chi connectivity index (χ0n) is 35.9. The van der Waals surface area contributed by atoms with Crippen molar-refractivity contribution in [2.45, 2.75) is 187 Å². The maximum Gasteiger partial charge on any atom is 0.330 e. The van der Waals surface area contributed by atoms with E-state index in [1.165, 1.54) is 0 Å². The molecule has 6 aliphatic rings. The number of carbonyl (C=O) groups excluding carboxylic acids is 3. The highest BCUT2D eigenvalue weighted by molar-refractivity contribution is 5.90. The van der Waals surface area contributed by atoms with E-state index >= 15 is 0 Å². The van der Waals surface area contributed by atoms with Crippen LogP contribution in [0.2, 0.25) is 0 Å². The van der Waals surface area contributed by atoms with Gasteiger partial charge < -0.3 is 94.1 Å². The van der Waals surface area contributed by atoms with Gasteiger partial charge in [0.1, 0.15) is 74.9 Å². The molecule has 0 radical (unpaired) electrons. The van der Waals surface area contributed by atoms with Crippen LogP contribution in [0.1, 0.15) is 77.0 Å². The number of aliphatic carboxylic acids is 2. The fourth-order valence-corrected chi connectivity index (χ4v) is 9.85. The molecule has 6 fully saturated rings. The van der Waals surface area contributed by atoms with Gasteiger partial charge in [0.15, 0.2) is 30.9 Å². The van der Waals surface area contributed by atoms with E-state index in [2.05, 4.69) is 0 Å². The van der Waals surface area contributed by atoms with E-state index in [0.717, 1.165) is 6.08 Å². The van der Waals surface area contributed by atoms with Crippen LogP contribution in [0.4, 0.5) is 0 Å². The molecule has 24 nitrogen and oxygen atoms in total. The van der Waals surface area contributed by atoms with Crippen LogP contribution in [0.5, 0.6) is 0 Å². The number of esters is 3. The van der Waals surface area contributed by atoms with Gasteiger partial charge >= 0.3 is 29.8 Å². The number of carboxylic acids is 2. The van der Waals surface area contributed by atoms with Crippen molar-refractivity contribution in [1.29, 1.82) is 0 Å². The maximum absolute atomic E-state index is 12.7. The van der Waals surface area contributed by atoms with Gasteiger partial charge in [0.2, 0.25) is 0 Å². The standard InChI is InChI=1S/C42H62O24/c43-19-5-3-18(4-6-19)39-26(63-41-37(57)35(55)34(54)27(64-41)15-59-31(51)8-2-17-1-7-22(45)23(46)9-17)12-21-24(61-39)10-20(44)11-25(21)62-42-38(58)36(56)40(66-33(53)14-30(49)50)28(65-42)16-60-32(52)13-29(47)48/h2,8,17-28,34-46,54-58H,1,3-7,9-16H2,(H,47,48)(H,49,50)/p+1/t17?,18?,19?,20?,21?,22?,23?,24?,25?,26?,27-,28-,34-,35+,36-,37-,38-,39?,40-,41-,42-/m1/s1. The number of fused-ring (bicyclic) bond motifs is 1. The third kappa shape index (κ3) is 13.4. The van der Waals surface area contributed by atoms with Crippen LogP contribution in [0.3, 0.4) is 0 Å². The number of allylic oxidation sites excluding steroid dienone is 1. The number of rotatable bonds is 16. The minimum Gasteiger partial charge on any atom is -0.481 e. The lowest BCUT2D eigenvalue weighted by Crippen LogP contribution is -2.64. The Hall–Kier alpha value is -3.47. The Morgan fingerprint density at radius 3 is 1.88 bits per heavy atom. The molecule has 0 spiro atoms. The van der Waals surface area contributed by atoms with Gasteiger partial charge in [-0.2, -0.15) is 0 Å². The number of carboxylic acid groups (broad SMARTS) is 2. The van der Waals surface area contributed by atoms with Crippen molar-refractivity contribution in [2.24, 2.45) is 17.8 Å². The highest BCUT2D eigenvalue weighted by Gasteiger charge is 2.57. The predicted molar refractivity (Wildman–Crippen MR) is 213 cm³/mol. The van der Waals surface area contributed by atoms with Crippen LogP contribution in [-0.4, -0.2) is 214 Å². The Morgan fingerprint density at radius 1 is 0.591 bits per heavy atom. The number of hydrogen-bond acceptors (Lipinski definition) is 21. The second kappa shape index (κ2) is 23.2. The SMILES string of the molecule is O=C(O)CC(=O)OC[C@H]1O[C@@H](OC2CC(O)CC3[OH+]C(C4CCC(O)CC4)C(O[C@@H]4O[C@H](COC(=O)C=CC5CCC(O)C(O)C5)[C@@H](O)[C@H](O)[C@H]4O)CC23)[C@H](O)[C@@H](O)[C@@H]1OC(=O)CC(=O)O. The molecule has 0 aromatic heterocycles. The van der Waals surface area contributed by atoms with E-state index in [4.69, 9.17) is 48.1 Å². The monoisotopic (exact) mass is 951 g/mol. The summed E-state index contributed by atoms with van der Waals surface area (Å²) in [5.41, 5.74) is 0. The summed E-state index contributed by atoms with van der Waals surface area (Å²) in [6.45, 7) is -1.39. The minimum atomic E-state index is -2.02. The van der Waals surface area contributed by atoms with Crippen molar-refractivity contribution in [2.75, 3.05) is 13.2 Å². The van der Waals surface area contributed by atoms with Gasteiger partial charge in [0.25, 0.3) is 0 Å². The molecule has 0 aromatic carbocycles. The molecule has 24 heteroatoms. The zero-order chi connectivity index (χ0) is 48.0. The number of aliphatic hydroxyl groups is 11. The van der Waals surface area contributed by atoms with Crippen molar-refractivity contribution < 1.29 is 118 Å². The van der Waals surface area contributed by atoms with Gasteiger partial charge in [0.05, 0.1) is 36.4 Å². The predicted octanol–water partition coefficient (Wildman–Crippen LogP) is -3.97. The molecule has 12 N–H and O–H groups in total. The zero-order valence-corrected chi connectivity index (χ0v) is 35.9. The van der Waals surface area contributed by atoms with Crippen LogP contribution >= 0.6 is 0 Å². The van der Waals surface area contributed by atoms with E-state index in [0.29, 0.717) is 38.5 Å². The van der Waals surface area contributed by atoms with Crippen LogP contribution in [0, 0.1) is 17.8 Å². The summed E-state index contributed by atoms with van der Waals surface area (Å²) in [6.07, 6.45) is -20.2. The Bertz CT molecular complexity index is 1690. The largest absolute Gasteiger partial charge is 0.481 e. The van der Waals surface area contributed by atoms with Crippen molar-refractivity contribution in [3.05, 3.63) is 12.2 Å². The number of hydrogen-bond donors (Lipinski definition) is 11. The first-order chi connectivity index (χ1) is 31.3. The fourth-order valence-electron chi connectivity index (χ4n) is 9.85. The molecular formula is C42H63O24+. The molecule has 3 saturated heterocycles. The molecule has 0 amide bonds. The molecule has 3 aliphatic carbocycles. The highest BCUT2D eigenvalue weighted by atomic mass is 16.7. The van der Waals surface area contributed by atoms with Crippen LogP contribution < -0.4 is 0 Å². The van der Waals surface area contributed by atoms with Gasteiger partial charge in [-0.05, 0) is 57.3 Å². The average molecular weight is 952 g/mol. The van der Waals surface area contributed by atoms with E-state index in [1.807, 2.05) is 0 Å². The maximum atomic E-state index is 12.7. The molecule has 0 aromatic rings. The molecule has 3 heterocycles. The molecule has 19 atom stereocenters. The number of carbonyl (C=O) groups is 5. The van der Waals surface area contributed by atoms with E-state index < -0.39 is 172 Å². The first kappa shape index (κ1) is 51.9. The van der Waals surface area contributed by atoms with Crippen LogP contribution in [0.15, 0.2) is 12.2 Å². The second-order valence-electron chi connectivity index (χ2n) is 18.2. The molecule has 374 valence electrons. The summed E-state index contributed by atoms with van der Waals surface area (Å²) >= 11 is 0. The lowest BCUT2D eigenvalue weighted by molar-refractivity contribution is -0.366.